The number of nitrogens with two attached hydrogens (primary N) is 1. The van der Waals surface area contributed by atoms with E-state index in [-0.39, 0.29) is 11.9 Å². The summed E-state index contributed by atoms with van der Waals surface area (Å²) in [6.45, 7) is 1.89. The van der Waals surface area contributed by atoms with Gasteiger partial charge in [0.05, 0.1) is 18.8 Å². The number of rotatable bonds is 4. The lowest BCUT2D eigenvalue weighted by Crippen LogP contribution is -2.26. The number of carbonyl (C=O) groups excluding carboxylic acids is 1. The molecule has 0 saturated carbocycles. The molecule has 1 atom stereocenters. The van der Waals surface area contributed by atoms with Crippen molar-refractivity contribution in [3.8, 4) is 5.75 Å². The van der Waals surface area contributed by atoms with E-state index in [9.17, 15) is 4.79 Å². The van der Waals surface area contributed by atoms with E-state index < -0.39 is 0 Å². The number of ether oxygens (including phenoxy) is 1. The Labute approximate surface area is 115 Å². The number of hydrogen-bond donors (Lipinski definition) is 2. The second-order valence-corrected chi connectivity index (χ2v) is 4.95. The second kappa shape index (κ2) is 5.71. The first-order valence-corrected chi connectivity index (χ1v) is 6.63. The van der Waals surface area contributed by atoms with Gasteiger partial charge in [-0.3, -0.25) is 4.79 Å². The van der Waals surface area contributed by atoms with Crippen molar-refractivity contribution in [3.63, 3.8) is 0 Å². The third-order valence-electron chi connectivity index (χ3n) is 2.66. The second-order valence-electron chi connectivity index (χ2n) is 4.02. The average molecular weight is 277 g/mol. The summed E-state index contributed by atoms with van der Waals surface area (Å²) in [4.78, 5) is 16.2. The molecule has 0 aliphatic rings. The lowest BCUT2D eigenvalue weighted by Gasteiger charge is -2.12. The lowest BCUT2D eigenvalue weighted by molar-refractivity contribution is 0.0940. The number of nitrogens with zero attached hydrogens (tertiary/aromatic N) is 1. The average Bonchev–Trinajstić information content (AvgIpc) is 2.92. The fourth-order valence-electron chi connectivity index (χ4n) is 1.67. The van der Waals surface area contributed by atoms with E-state index in [2.05, 4.69) is 10.3 Å². The molecular formula is C13H15N3O2S. The molecule has 19 heavy (non-hydrogen) atoms. The van der Waals surface area contributed by atoms with E-state index in [1.807, 2.05) is 12.3 Å². The van der Waals surface area contributed by atoms with Gasteiger partial charge in [0.1, 0.15) is 10.8 Å². The van der Waals surface area contributed by atoms with Crippen LogP contribution in [0.15, 0.2) is 29.8 Å². The predicted molar refractivity (Wildman–Crippen MR) is 75.4 cm³/mol. The minimum Gasteiger partial charge on any atom is -0.495 e. The standard InChI is InChI=1S/C13H15N3O2S/c1-8(13-15-5-6-19-13)16-12(17)9-3-4-11(18-2)10(14)7-9/h3-8H,14H2,1-2H3,(H,16,17). The molecule has 1 aromatic heterocycles. The smallest absolute Gasteiger partial charge is 0.251 e. The van der Waals surface area contributed by atoms with Gasteiger partial charge in [-0.05, 0) is 25.1 Å². The molecule has 100 valence electrons. The summed E-state index contributed by atoms with van der Waals surface area (Å²) in [5, 5.41) is 5.62. The van der Waals surface area contributed by atoms with Gasteiger partial charge in [0.2, 0.25) is 0 Å². The fraction of sp³-hybridized carbons (Fsp3) is 0.231. The minimum atomic E-state index is -0.183. The van der Waals surface area contributed by atoms with Gasteiger partial charge < -0.3 is 15.8 Å². The highest BCUT2D eigenvalue weighted by Crippen LogP contribution is 2.22. The summed E-state index contributed by atoms with van der Waals surface area (Å²) in [5.74, 6) is 0.376. The summed E-state index contributed by atoms with van der Waals surface area (Å²) in [6.07, 6.45) is 1.72. The molecule has 1 heterocycles. The van der Waals surface area contributed by atoms with E-state index in [4.69, 9.17) is 10.5 Å². The molecule has 0 aliphatic heterocycles. The summed E-state index contributed by atoms with van der Waals surface area (Å²) < 4.78 is 5.05. The van der Waals surface area contributed by atoms with Crippen LogP contribution >= 0.6 is 11.3 Å². The summed E-state index contributed by atoms with van der Waals surface area (Å²) >= 11 is 1.51. The van der Waals surface area contributed by atoms with Crippen LogP contribution in [0.5, 0.6) is 5.75 Å². The molecule has 1 unspecified atom stereocenters. The zero-order valence-corrected chi connectivity index (χ0v) is 11.5. The fourth-order valence-corrected chi connectivity index (χ4v) is 2.31. The first-order chi connectivity index (χ1) is 9.11. The quantitative estimate of drug-likeness (QED) is 0.840. The van der Waals surface area contributed by atoms with Gasteiger partial charge >= 0.3 is 0 Å². The highest BCUT2D eigenvalue weighted by atomic mass is 32.1. The van der Waals surface area contributed by atoms with Crippen LogP contribution in [0.3, 0.4) is 0 Å². The molecule has 1 aromatic carbocycles. The predicted octanol–water partition coefficient (Wildman–Crippen LogP) is 2.22. The molecule has 0 aliphatic carbocycles. The van der Waals surface area contributed by atoms with Gasteiger partial charge in [0.15, 0.2) is 0 Å². The molecule has 0 bridgehead atoms. The third kappa shape index (κ3) is 3.03. The molecule has 0 spiro atoms. The number of benzene rings is 1. The Kier molecular flexibility index (Phi) is 4.01. The summed E-state index contributed by atoms with van der Waals surface area (Å²) in [7, 11) is 1.54. The topological polar surface area (TPSA) is 77.2 Å². The van der Waals surface area contributed by atoms with Crippen LogP contribution in [0.1, 0.15) is 28.3 Å². The molecule has 3 N–H and O–H groups in total. The van der Waals surface area contributed by atoms with Crippen molar-refractivity contribution in [1.82, 2.24) is 10.3 Å². The monoisotopic (exact) mass is 277 g/mol. The van der Waals surface area contributed by atoms with Crippen molar-refractivity contribution >= 4 is 22.9 Å². The third-order valence-corrected chi connectivity index (χ3v) is 3.62. The number of nitrogen functional groups attached to an aromatic ring is 1. The molecule has 0 radical (unpaired) electrons. The van der Waals surface area contributed by atoms with E-state index in [0.717, 1.165) is 5.01 Å². The number of methoxy groups -OCH3 is 1. The van der Waals surface area contributed by atoms with Crippen LogP contribution in [-0.4, -0.2) is 18.0 Å². The van der Waals surface area contributed by atoms with Crippen molar-refractivity contribution in [1.29, 1.82) is 0 Å². The molecule has 0 fully saturated rings. The van der Waals surface area contributed by atoms with Gasteiger partial charge in [-0.25, -0.2) is 4.98 Å². The van der Waals surface area contributed by atoms with Crippen molar-refractivity contribution in [2.75, 3.05) is 12.8 Å². The SMILES string of the molecule is COc1ccc(C(=O)NC(C)c2nccs2)cc1N. The summed E-state index contributed by atoms with van der Waals surface area (Å²) in [6, 6.07) is 4.83. The zero-order chi connectivity index (χ0) is 13.8. The Morgan fingerprint density at radius 1 is 1.53 bits per heavy atom. The lowest BCUT2D eigenvalue weighted by atomic mass is 10.1. The van der Waals surface area contributed by atoms with E-state index in [0.29, 0.717) is 17.0 Å². The normalized spacial score (nSPS) is 11.9. The molecule has 1 amide bonds. The van der Waals surface area contributed by atoms with E-state index in [1.165, 1.54) is 18.4 Å². The largest absolute Gasteiger partial charge is 0.495 e. The number of hydrogen-bond acceptors (Lipinski definition) is 5. The number of thiazole rings is 1. The van der Waals surface area contributed by atoms with Crippen LogP contribution in [0.4, 0.5) is 5.69 Å². The van der Waals surface area contributed by atoms with Crippen molar-refractivity contribution < 1.29 is 9.53 Å². The Morgan fingerprint density at radius 2 is 2.32 bits per heavy atom. The van der Waals surface area contributed by atoms with Crippen LogP contribution in [0, 0.1) is 0 Å². The van der Waals surface area contributed by atoms with Gasteiger partial charge in [0, 0.05) is 17.1 Å². The van der Waals surface area contributed by atoms with E-state index >= 15 is 0 Å². The number of aromatic nitrogens is 1. The summed E-state index contributed by atoms with van der Waals surface area (Å²) in [5.41, 5.74) is 6.72. The van der Waals surface area contributed by atoms with Gasteiger partial charge in [-0.1, -0.05) is 0 Å². The number of anilines is 1. The first kappa shape index (κ1) is 13.4. The molecule has 2 aromatic rings. The highest BCUT2D eigenvalue weighted by molar-refractivity contribution is 7.09. The Balaban J connectivity index is 2.10. The van der Waals surface area contributed by atoms with E-state index in [1.54, 1.807) is 24.4 Å². The highest BCUT2D eigenvalue weighted by Gasteiger charge is 2.14. The van der Waals surface area contributed by atoms with Crippen molar-refractivity contribution in [2.45, 2.75) is 13.0 Å². The maximum atomic E-state index is 12.1. The van der Waals surface area contributed by atoms with Crippen LogP contribution < -0.4 is 15.8 Å². The van der Waals surface area contributed by atoms with Crippen LogP contribution in [0.2, 0.25) is 0 Å². The molecule has 0 saturated heterocycles. The van der Waals surface area contributed by atoms with Crippen molar-refractivity contribution in [3.05, 3.63) is 40.3 Å². The zero-order valence-electron chi connectivity index (χ0n) is 10.7. The molecule has 6 heteroatoms. The maximum Gasteiger partial charge on any atom is 0.251 e. The molecular weight excluding hydrogens is 262 g/mol. The Morgan fingerprint density at radius 3 is 2.89 bits per heavy atom. The maximum absolute atomic E-state index is 12.1. The molecule has 5 nitrogen and oxygen atoms in total. The number of amides is 1. The minimum absolute atomic E-state index is 0.129. The first-order valence-electron chi connectivity index (χ1n) is 5.75. The van der Waals surface area contributed by atoms with Crippen molar-refractivity contribution in [2.24, 2.45) is 0 Å². The number of nitrogens with one attached hydrogen (secondary N) is 1. The van der Waals surface area contributed by atoms with Gasteiger partial charge in [-0.2, -0.15) is 0 Å². The Bertz CT molecular complexity index is 569. The van der Waals surface area contributed by atoms with Gasteiger partial charge in [-0.15, -0.1) is 11.3 Å². The van der Waals surface area contributed by atoms with Crippen LogP contribution in [-0.2, 0) is 0 Å². The molecule has 2 rings (SSSR count). The van der Waals surface area contributed by atoms with Crippen LogP contribution in [0.25, 0.3) is 0 Å². The number of carbonyl (C=O) groups is 1. The van der Waals surface area contributed by atoms with Gasteiger partial charge in [0.25, 0.3) is 5.91 Å². The Hall–Kier alpha value is -2.08.